The van der Waals surface area contributed by atoms with Crippen LogP contribution in [0.15, 0.2) is 24.9 Å². The van der Waals surface area contributed by atoms with E-state index >= 15 is 0 Å². The minimum absolute atomic E-state index is 0.0632. The molecule has 1 aliphatic heterocycles. The van der Waals surface area contributed by atoms with Crippen LogP contribution < -0.4 is 5.32 Å². The monoisotopic (exact) mass is 316 g/mol. The van der Waals surface area contributed by atoms with Crippen molar-refractivity contribution in [2.45, 2.75) is 31.7 Å². The van der Waals surface area contributed by atoms with Crippen molar-refractivity contribution in [2.24, 2.45) is 5.92 Å². The maximum atomic E-state index is 12.4. The van der Waals surface area contributed by atoms with Crippen LogP contribution in [0.5, 0.6) is 0 Å². The van der Waals surface area contributed by atoms with Gasteiger partial charge in [0.15, 0.2) is 11.2 Å². The molecular formula is C13H20N2O5S. The Bertz CT molecular complexity index is 567. The zero-order valence-corrected chi connectivity index (χ0v) is 12.9. The molecule has 1 aliphatic rings. The topological polar surface area (TPSA) is 104 Å². The van der Waals surface area contributed by atoms with Gasteiger partial charge in [0.05, 0.1) is 6.04 Å². The summed E-state index contributed by atoms with van der Waals surface area (Å²) in [5.74, 6) is -1.50. The maximum absolute atomic E-state index is 12.4. The molecule has 2 N–H and O–H groups in total. The SMILES string of the molecule is C=CN(C(=O)C(=C)C1NCCC1=O)C(C(C)C)S(=O)(=O)O. The molecule has 0 aromatic rings. The van der Waals surface area contributed by atoms with Crippen LogP contribution in [0.4, 0.5) is 0 Å². The first-order valence-corrected chi connectivity index (χ1v) is 7.98. The molecule has 8 heteroatoms. The number of hydrogen-bond donors (Lipinski definition) is 2. The molecule has 0 aromatic carbocycles. The van der Waals surface area contributed by atoms with Gasteiger partial charge in [-0.3, -0.25) is 19.0 Å². The van der Waals surface area contributed by atoms with Crippen LogP contribution in [0.3, 0.4) is 0 Å². The van der Waals surface area contributed by atoms with Crippen molar-refractivity contribution in [1.82, 2.24) is 10.2 Å². The van der Waals surface area contributed by atoms with E-state index in [-0.39, 0.29) is 17.8 Å². The molecule has 1 rings (SSSR count). The molecule has 0 radical (unpaired) electrons. The first kappa shape index (κ1) is 17.5. The summed E-state index contributed by atoms with van der Waals surface area (Å²) in [6.45, 7) is 10.5. The second-order valence-corrected chi connectivity index (χ2v) is 6.69. The van der Waals surface area contributed by atoms with Crippen molar-refractivity contribution >= 4 is 21.8 Å². The number of ketones is 1. The van der Waals surface area contributed by atoms with Gasteiger partial charge >= 0.3 is 0 Å². The molecular weight excluding hydrogens is 296 g/mol. The highest BCUT2D eigenvalue weighted by Gasteiger charge is 2.38. The van der Waals surface area contributed by atoms with Crippen LogP contribution in [0.1, 0.15) is 20.3 Å². The summed E-state index contributed by atoms with van der Waals surface area (Å²) in [4.78, 5) is 24.8. The van der Waals surface area contributed by atoms with Crippen molar-refractivity contribution in [1.29, 1.82) is 0 Å². The van der Waals surface area contributed by atoms with E-state index in [4.69, 9.17) is 0 Å². The predicted molar refractivity (Wildman–Crippen MR) is 77.8 cm³/mol. The van der Waals surface area contributed by atoms with Crippen molar-refractivity contribution in [3.05, 3.63) is 24.9 Å². The van der Waals surface area contributed by atoms with Gasteiger partial charge in [-0.2, -0.15) is 8.42 Å². The Hall–Kier alpha value is -1.51. The summed E-state index contributed by atoms with van der Waals surface area (Å²) in [6, 6.07) is -0.825. The zero-order valence-electron chi connectivity index (χ0n) is 12.1. The van der Waals surface area contributed by atoms with Gasteiger partial charge in [-0.1, -0.05) is 27.0 Å². The van der Waals surface area contributed by atoms with E-state index in [9.17, 15) is 22.6 Å². The van der Waals surface area contributed by atoms with Crippen LogP contribution in [-0.2, 0) is 19.7 Å². The van der Waals surface area contributed by atoms with Gasteiger partial charge in [0.1, 0.15) is 0 Å². The van der Waals surface area contributed by atoms with Crippen LogP contribution in [-0.4, -0.2) is 47.5 Å². The second-order valence-electron chi connectivity index (χ2n) is 5.17. The van der Waals surface area contributed by atoms with E-state index in [0.29, 0.717) is 6.54 Å². The molecule has 21 heavy (non-hydrogen) atoms. The number of amides is 1. The fraction of sp³-hybridized carbons (Fsp3) is 0.538. The Morgan fingerprint density at radius 1 is 1.52 bits per heavy atom. The summed E-state index contributed by atoms with van der Waals surface area (Å²) in [6.07, 6.45) is 1.31. The Balaban J connectivity index is 3.08. The van der Waals surface area contributed by atoms with Crippen LogP contribution >= 0.6 is 0 Å². The molecule has 2 atom stereocenters. The third kappa shape index (κ3) is 3.78. The summed E-state index contributed by atoms with van der Waals surface area (Å²) < 4.78 is 32.3. The van der Waals surface area contributed by atoms with E-state index in [2.05, 4.69) is 18.5 Å². The summed E-state index contributed by atoms with van der Waals surface area (Å²) in [5, 5.41) is 1.35. The predicted octanol–water partition coefficient (Wildman–Crippen LogP) is 0.316. The Labute approximate surface area is 124 Å². The normalized spacial score (nSPS) is 20.4. The number of hydrogen-bond acceptors (Lipinski definition) is 5. The molecule has 0 saturated carbocycles. The summed E-state index contributed by atoms with van der Waals surface area (Å²) >= 11 is 0. The van der Waals surface area contributed by atoms with E-state index in [0.717, 1.165) is 11.1 Å². The lowest BCUT2D eigenvalue weighted by molar-refractivity contribution is -0.127. The summed E-state index contributed by atoms with van der Waals surface area (Å²) in [5.41, 5.74) is -0.0632. The average molecular weight is 316 g/mol. The van der Waals surface area contributed by atoms with Gasteiger partial charge in [-0.05, 0) is 5.92 Å². The lowest BCUT2D eigenvalue weighted by Crippen LogP contribution is -2.47. The summed E-state index contributed by atoms with van der Waals surface area (Å²) in [7, 11) is -4.50. The highest BCUT2D eigenvalue weighted by molar-refractivity contribution is 7.86. The largest absolute Gasteiger partial charge is 0.303 e. The number of carbonyl (C=O) groups excluding carboxylic acids is 2. The fourth-order valence-corrected chi connectivity index (χ4v) is 3.47. The first-order valence-electron chi connectivity index (χ1n) is 6.47. The Kier molecular flexibility index (Phi) is 5.43. The first-order chi connectivity index (χ1) is 9.61. The minimum atomic E-state index is -4.50. The van der Waals surface area contributed by atoms with E-state index in [1.165, 1.54) is 0 Å². The second kappa shape index (κ2) is 6.50. The maximum Gasteiger partial charge on any atom is 0.287 e. The standard InChI is InChI=1S/C13H20N2O5S/c1-5-15(13(8(2)3)21(18,19)20)12(17)9(4)11-10(16)6-7-14-11/h5,8,11,13-14H,1,4,6-7H2,2-3H3,(H,18,19,20). The quantitative estimate of drug-likeness (QED) is 0.540. The number of nitrogens with one attached hydrogen (secondary N) is 1. The van der Waals surface area contributed by atoms with Crippen LogP contribution in [0, 0.1) is 5.92 Å². The fourth-order valence-electron chi connectivity index (χ4n) is 2.32. The lowest BCUT2D eigenvalue weighted by Gasteiger charge is -2.30. The average Bonchev–Trinajstić information content (AvgIpc) is 2.78. The van der Waals surface area contributed by atoms with Gasteiger partial charge in [0, 0.05) is 24.7 Å². The van der Waals surface area contributed by atoms with Gasteiger partial charge in [0.2, 0.25) is 0 Å². The molecule has 0 aliphatic carbocycles. The smallest absolute Gasteiger partial charge is 0.287 e. The molecule has 7 nitrogen and oxygen atoms in total. The number of carbonyl (C=O) groups is 2. The van der Waals surface area contributed by atoms with Crippen LogP contribution in [0.25, 0.3) is 0 Å². The van der Waals surface area contributed by atoms with E-state index in [1.807, 2.05) is 0 Å². The molecule has 1 saturated heterocycles. The molecule has 0 bridgehead atoms. The van der Waals surface area contributed by atoms with Gasteiger partial charge in [-0.15, -0.1) is 0 Å². The minimum Gasteiger partial charge on any atom is -0.303 e. The molecule has 1 fully saturated rings. The molecule has 0 aromatic heterocycles. The Morgan fingerprint density at radius 3 is 2.43 bits per heavy atom. The Morgan fingerprint density at radius 2 is 2.10 bits per heavy atom. The molecule has 1 heterocycles. The van der Waals surface area contributed by atoms with Gasteiger partial charge in [-0.25, -0.2) is 0 Å². The third-order valence-electron chi connectivity index (χ3n) is 3.25. The van der Waals surface area contributed by atoms with E-state index in [1.54, 1.807) is 13.8 Å². The molecule has 2 unspecified atom stereocenters. The van der Waals surface area contributed by atoms with Crippen molar-refractivity contribution < 1.29 is 22.6 Å². The highest BCUT2D eigenvalue weighted by Crippen LogP contribution is 2.21. The molecule has 0 spiro atoms. The number of nitrogens with zero attached hydrogens (tertiary/aromatic N) is 1. The lowest BCUT2D eigenvalue weighted by atomic mass is 10.0. The number of rotatable bonds is 6. The van der Waals surface area contributed by atoms with Crippen molar-refractivity contribution in [2.75, 3.05) is 6.54 Å². The van der Waals surface area contributed by atoms with Crippen molar-refractivity contribution in [3.63, 3.8) is 0 Å². The highest BCUT2D eigenvalue weighted by atomic mass is 32.2. The van der Waals surface area contributed by atoms with Crippen molar-refractivity contribution in [3.8, 4) is 0 Å². The van der Waals surface area contributed by atoms with Gasteiger partial charge < -0.3 is 5.32 Å². The zero-order chi connectivity index (χ0) is 16.4. The molecule has 118 valence electrons. The number of Topliss-reactive ketones (excluding diaryl/α,β-unsaturated/α-hetero) is 1. The van der Waals surface area contributed by atoms with Gasteiger partial charge in [0.25, 0.3) is 16.0 Å². The molecule has 1 amide bonds. The van der Waals surface area contributed by atoms with E-state index < -0.39 is 33.4 Å². The third-order valence-corrected chi connectivity index (χ3v) is 4.63. The van der Waals surface area contributed by atoms with Crippen LogP contribution in [0.2, 0.25) is 0 Å².